The van der Waals surface area contributed by atoms with E-state index in [1.807, 2.05) is 18.3 Å². The third kappa shape index (κ3) is 9.89. The minimum absolute atomic E-state index is 0.0559. The summed E-state index contributed by atoms with van der Waals surface area (Å²) in [7, 11) is 0. The molecule has 232 valence electrons. The summed E-state index contributed by atoms with van der Waals surface area (Å²) in [5, 5.41) is 24.8. The Morgan fingerprint density at radius 3 is 2.35 bits per heavy atom. The fourth-order valence-electron chi connectivity index (χ4n) is 6.68. The molecule has 0 spiro atoms. The van der Waals surface area contributed by atoms with Crippen molar-refractivity contribution in [2.45, 2.75) is 89.0 Å². The maximum Gasteiger partial charge on any atom is 0.328 e. The van der Waals surface area contributed by atoms with Crippen LogP contribution in [0.3, 0.4) is 0 Å². The van der Waals surface area contributed by atoms with E-state index in [2.05, 4.69) is 51.7 Å². The van der Waals surface area contributed by atoms with Crippen molar-refractivity contribution in [3.05, 3.63) is 77.5 Å². The third-order valence-electron chi connectivity index (χ3n) is 8.85. The summed E-state index contributed by atoms with van der Waals surface area (Å²) in [6.07, 6.45) is 16.4. The van der Waals surface area contributed by atoms with E-state index in [-0.39, 0.29) is 18.5 Å². The van der Waals surface area contributed by atoms with E-state index >= 15 is 0 Å². The van der Waals surface area contributed by atoms with Gasteiger partial charge in [-0.1, -0.05) is 81.3 Å². The van der Waals surface area contributed by atoms with Gasteiger partial charge in [-0.05, 0) is 83.5 Å². The Morgan fingerprint density at radius 1 is 1.00 bits per heavy atom. The number of unbranched alkanes of at least 4 members (excludes halogenated alkanes) is 7. The lowest BCUT2D eigenvalue weighted by molar-refractivity contribution is -0.131. The number of carboxylic acids is 1. The van der Waals surface area contributed by atoms with E-state index in [1.54, 1.807) is 0 Å². The molecule has 8 nitrogen and oxygen atoms in total. The van der Waals surface area contributed by atoms with Gasteiger partial charge in [0.05, 0.1) is 12.6 Å². The molecule has 1 aliphatic rings. The molecule has 1 aliphatic carbocycles. The second kappa shape index (κ2) is 16.8. The van der Waals surface area contributed by atoms with Gasteiger partial charge in [0, 0.05) is 18.9 Å². The van der Waals surface area contributed by atoms with E-state index in [1.165, 1.54) is 66.5 Å². The minimum atomic E-state index is -1.01. The highest BCUT2D eigenvalue weighted by molar-refractivity contribution is 5.84. The van der Waals surface area contributed by atoms with Crippen LogP contribution >= 0.6 is 0 Å². The molecule has 0 aliphatic heterocycles. The van der Waals surface area contributed by atoms with Gasteiger partial charge in [0.25, 0.3) is 0 Å². The molecule has 8 N–H and O–H groups in total. The minimum Gasteiger partial charge on any atom is -0.478 e. The zero-order valence-corrected chi connectivity index (χ0v) is 25.3. The molecule has 2 aromatic carbocycles. The topological polar surface area (TPSA) is 150 Å². The number of benzene rings is 2. The summed E-state index contributed by atoms with van der Waals surface area (Å²) in [5.41, 5.74) is 14.8. The fraction of sp³-hybridized carbons (Fsp3) is 0.486. The zero-order valence-electron chi connectivity index (χ0n) is 25.3. The number of hydrogen-bond acceptors (Lipinski definition) is 4. The summed E-state index contributed by atoms with van der Waals surface area (Å²) in [6.45, 7) is 0.423. The van der Waals surface area contributed by atoms with Crippen LogP contribution in [-0.2, 0) is 11.2 Å². The second-order valence-corrected chi connectivity index (χ2v) is 12.0. The first-order chi connectivity index (χ1) is 20.9. The summed E-state index contributed by atoms with van der Waals surface area (Å²) in [6, 6.07) is 17.0. The fourth-order valence-corrected chi connectivity index (χ4v) is 6.68. The summed E-state index contributed by atoms with van der Waals surface area (Å²) in [5.74, 6) is 0.534. The molecule has 0 unspecified atom stereocenters. The van der Waals surface area contributed by atoms with Crippen molar-refractivity contribution < 1.29 is 15.0 Å². The van der Waals surface area contributed by atoms with E-state index in [0.717, 1.165) is 44.3 Å². The molecule has 3 aromatic rings. The largest absolute Gasteiger partial charge is 0.478 e. The maximum atomic E-state index is 11.9. The lowest BCUT2D eigenvalue weighted by Crippen LogP contribution is -2.32. The molecule has 0 fully saturated rings. The monoisotopic (exact) mass is 587 g/mol. The molecule has 1 heterocycles. The number of nitrogens with two attached hydrogens (primary N) is 2. The van der Waals surface area contributed by atoms with E-state index in [0.29, 0.717) is 24.0 Å². The van der Waals surface area contributed by atoms with E-state index < -0.39 is 5.97 Å². The predicted octanol–water partition coefficient (Wildman–Crippen LogP) is 6.47. The van der Waals surface area contributed by atoms with Gasteiger partial charge in [0.1, 0.15) is 5.82 Å². The van der Waals surface area contributed by atoms with Gasteiger partial charge in [0.15, 0.2) is 5.96 Å². The van der Waals surface area contributed by atoms with Gasteiger partial charge < -0.3 is 32.0 Å². The lowest BCUT2D eigenvalue weighted by Gasteiger charge is -2.37. The Labute approximate surface area is 255 Å². The van der Waals surface area contributed by atoms with Crippen molar-refractivity contribution in [2.24, 2.45) is 22.4 Å². The number of nitrogens with zero attached hydrogens (tertiary/aromatic N) is 1. The second-order valence-electron chi connectivity index (χ2n) is 12.0. The smallest absolute Gasteiger partial charge is 0.328 e. The van der Waals surface area contributed by atoms with E-state index in [4.69, 9.17) is 16.6 Å². The molecule has 0 amide bonds. The highest BCUT2D eigenvalue weighted by Crippen LogP contribution is 2.44. The number of anilines is 1. The number of carbonyl (C=O) groups is 1. The molecular weight excluding hydrogens is 538 g/mol. The highest BCUT2D eigenvalue weighted by Gasteiger charge is 2.32. The third-order valence-corrected chi connectivity index (χ3v) is 8.85. The molecule has 4 rings (SSSR count). The molecule has 0 saturated carbocycles. The number of carboxylic acid groups (broad SMARTS) is 1. The molecule has 3 atom stereocenters. The Balaban J connectivity index is 1.56. The molecule has 0 radical (unpaired) electrons. The van der Waals surface area contributed by atoms with E-state index in [9.17, 15) is 9.90 Å². The number of aliphatic hydroxyl groups is 1. The van der Waals surface area contributed by atoms with Crippen LogP contribution < -0.4 is 16.8 Å². The van der Waals surface area contributed by atoms with Crippen LogP contribution in [0.5, 0.6) is 0 Å². The number of fused-ring (bicyclic) bond motifs is 2. The molecule has 0 saturated heterocycles. The number of H-pyrrole nitrogens is 1. The molecule has 43 heavy (non-hydrogen) atoms. The number of rotatable bonds is 18. The van der Waals surface area contributed by atoms with Crippen molar-refractivity contribution in [1.29, 1.82) is 0 Å². The molecule has 0 bridgehead atoms. The number of aliphatic carboxylic acids is 1. The van der Waals surface area contributed by atoms with Crippen LogP contribution in [0.4, 0.5) is 5.82 Å². The van der Waals surface area contributed by atoms with Gasteiger partial charge in [-0.25, -0.2) is 9.79 Å². The van der Waals surface area contributed by atoms with Crippen LogP contribution in [0.2, 0.25) is 0 Å². The molecule has 8 heteroatoms. The van der Waals surface area contributed by atoms with Crippen molar-refractivity contribution in [3.63, 3.8) is 0 Å². The van der Waals surface area contributed by atoms with Gasteiger partial charge in [0.2, 0.25) is 0 Å². The number of hydrogen-bond donors (Lipinski definition) is 6. The first-order valence-corrected chi connectivity index (χ1v) is 16.0. The molecule has 1 aromatic heterocycles. The maximum absolute atomic E-state index is 11.9. The number of aliphatic hydroxyl groups excluding tert-OH is 1. The van der Waals surface area contributed by atoms with Gasteiger partial charge >= 0.3 is 5.97 Å². The van der Waals surface area contributed by atoms with Gasteiger partial charge in [-0.3, -0.25) is 0 Å². The first-order valence-electron chi connectivity index (χ1n) is 16.0. The quantitative estimate of drug-likeness (QED) is 0.0434. The Kier molecular flexibility index (Phi) is 12.5. The number of aliphatic imine (C=N–C) groups is 1. The lowest BCUT2D eigenvalue weighted by atomic mass is 9.69. The highest BCUT2D eigenvalue weighted by atomic mass is 16.4. The van der Waals surface area contributed by atoms with Crippen molar-refractivity contribution >= 4 is 28.5 Å². The van der Waals surface area contributed by atoms with Crippen molar-refractivity contribution in [1.82, 2.24) is 4.98 Å². The van der Waals surface area contributed by atoms with Crippen LogP contribution in [0, 0.1) is 5.92 Å². The van der Waals surface area contributed by atoms with Gasteiger partial charge in [-0.2, -0.15) is 0 Å². The Bertz CT molecular complexity index is 1350. The average molecular weight is 588 g/mol. The number of aromatic nitrogens is 1. The summed E-state index contributed by atoms with van der Waals surface area (Å²) >= 11 is 0. The summed E-state index contributed by atoms with van der Waals surface area (Å²) < 4.78 is 0. The van der Waals surface area contributed by atoms with Crippen molar-refractivity contribution in [3.8, 4) is 0 Å². The number of nitrogens with one attached hydrogen (secondary N) is 2. The Hall–Kier alpha value is -3.78. The van der Waals surface area contributed by atoms with Crippen LogP contribution in [-0.4, -0.2) is 46.3 Å². The predicted molar refractivity (Wildman–Crippen MR) is 176 cm³/mol. The van der Waals surface area contributed by atoms with Crippen LogP contribution in [0.15, 0.2) is 71.4 Å². The normalized spacial score (nSPS) is 17.4. The van der Waals surface area contributed by atoms with Crippen LogP contribution in [0.1, 0.15) is 87.7 Å². The SMILES string of the molecule is NC(N)=NC/C(=C\C(=O)O)[C@H](C[C@H]1CCc2cc3ccccc3cc2[C@@H]1CCCCCCCCCCO)Nc1ccc[nH]1. The summed E-state index contributed by atoms with van der Waals surface area (Å²) in [4.78, 5) is 19.3. The van der Waals surface area contributed by atoms with Crippen molar-refractivity contribution in [2.75, 3.05) is 18.5 Å². The first kappa shape index (κ1) is 32.1. The van der Waals surface area contributed by atoms with Gasteiger partial charge in [-0.15, -0.1) is 0 Å². The number of guanidine groups is 1. The number of aromatic amines is 1. The zero-order chi connectivity index (χ0) is 30.4. The van der Waals surface area contributed by atoms with Crippen LogP contribution in [0.25, 0.3) is 10.8 Å². The Morgan fingerprint density at radius 2 is 1.70 bits per heavy atom. The molecular formula is C35H49N5O3. The standard InChI is InChI=1S/C35H49N5O3/c36-35(37)39-24-29(23-34(42)43)32(40-33-15-11-18-38-33)22-28-17-16-27-20-25-12-8-9-13-26(25)21-31(27)30(28)14-7-5-3-1-2-4-6-10-19-41/h8-9,11-13,15,18,20-21,23,28,30,32,38,40-41H,1-7,10,14,16-17,19,22,24H2,(H,42,43)(H4,36,37,39)/b29-23+/t28-,30-,32+/m1/s1. The average Bonchev–Trinajstić information content (AvgIpc) is 3.51. The number of aryl methyl sites for hydroxylation is 1.